The molecular weight excluding hydrogens is 280 g/mol. The van der Waals surface area contributed by atoms with Gasteiger partial charge in [0.2, 0.25) is 5.12 Å². The molecule has 0 spiro atoms. The standard InChI is InChI=1S/C13H14N2O2S2/c1-8-2-4-9(5-3-8)11(16)15-13(18)14-10-6-7-19-12(10)17/h2-5,10H,6-7H2,1H3,(H2,14,15,16,18). The van der Waals surface area contributed by atoms with Gasteiger partial charge in [-0.15, -0.1) is 0 Å². The first-order valence-electron chi connectivity index (χ1n) is 5.91. The molecule has 0 aliphatic carbocycles. The third-order valence-corrected chi connectivity index (χ3v) is 4.01. The molecule has 1 saturated heterocycles. The minimum atomic E-state index is -0.282. The van der Waals surface area contributed by atoms with Gasteiger partial charge in [-0.25, -0.2) is 0 Å². The molecule has 1 aromatic rings. The monoisotopic (exact) mass is 294 g/mol. The Morgan fingerprint density at radius 2 is 2.05 bits per heavy atom. The van der Waals surface area contributed by atoms with E-state index in [0.717, 1.165) is 17.7 Å². The number of amides is 1. The van der Waals surface area contributed by atoms with Crippen molar-refractivity contribution in [2.24, 2.45) is 0 Å². The summed E-state index contributed by atoms with van der Waals surface area (Å²) in [5.74, 6) is 0.529. The van der Waals surface area contributed by atoms with Gasteiger partial charge in [0.1, 0.15) is 0 Å². The zero-order valence-corrected chi connectivity index (χ0v) is 12.1. The third-order valence-electron chi connectivity index (χ3n) is 2.78. The Morgan fingerprint density at radius 3 is 2.63 bits per heavy atom. The van der Waals surface area contributed by atoms with Gasteiger partial charge in [0.25, 0.3) is 5.91 Å². The first-order chi connectivity index (χ1) is 9.06. The van der Waals surface area contributed by atoms with Crippen LogP contribution in [0.2, 0.25) is 0 Å². The van der Waals surface area contributed by atoms with Crippen LogP contribution in [0.25, 0.3) is 0 Å². The molecule has 0 bridgehead atoms. The Labute approximate surface area is 121 Å². The maximum absolute atomic E-state index is 11.9. The summed E-state index contributed by atoms with van der Waals surface area (Å²) >= 11 is 6.33. The normalized spacial score (nSPS) is 18.2. The number of carbonyl (C=O) groups is 2. The lowest BCUT2D eigenvalue weighted by Crippen LogP contribution is -2.45. The van der Waals surface area contributed by atoms with Crippen molar-refractivity contribution in [3.8, 4) is 0 Å². The van der Waals surface area contributed by atoms with Crippen molar-refractivity contribution in [2.45, 2.75) is 19.4 Å². The second kappa shape index (κ2) is 6.16. The van der Waals surface area contributed by atoms with Crippen molar-refractivity contribution in [3.63, 3.8) is 0 Å². The van der Waals surface area contributed by atoms with E-state index in [0.29, 0.717) is 5.56 Å². The molecule has 1 aliphatic rings. The predicted molar refractivity (Wildman–Crippen MR) is 80.2 cm³/mol. The predicted octanol–water partition coefficient (Wildman–Crippen LogP) is 1.63. The van der Waals surface area contributed by atoms with Crippen LogP contribution >= 0.6 is 24.0 Å². The number of hydrogen-bond acceptors (Lipinski definition) is 4. The summed E-state index contributed by atoms with van der Waals surface area (Å²) in [5.41, 5.74) is 1.63. The lowest BCUT2D eigenvalue weighted by atomic mass is 10.1. The molecule has 1 heterocycles. The summed E-state index contributed by atoms with van der Waals surface area (Å²) in [6.45, 7) is 1.96. The van der Waals surface area contributed by atoms with Crippen molar-refractivity contribution >= 4 is 40.1 Å². The zero-order valence-electron chi connectivity index (χ0n) is 10.4. The summed E-state index contributed by atoms with van der Waals surface area (Å²) in [7, 11) is 0. The number of carbonyl (C=O) groups excluding carboxylic acids is 2. The molecule has 1 atom stereocenters. The summed E-state index contributed by atoms with van der Waals surface area (Å²) < 4.78 is 0. The number of nitrogens with one attached hydrogen (secondary N) is 2. The van der Waals surface area contributed by atoms with Crippen LogP contribution in [0.5, 0.6) is 0 Å². The van der Waals surface area contributed by atoms with Crippen molar-refractivity contribution in [1.29, 1.82) is 0 Å². The van der Waals surface area contributed by atoms with Gasteiger partial charge in [-0.3, -0.25) is 14.9 Å². The second-order valence-corrected chi connectivity index (χ2v) is 5.81. The van der Waals surface area contributed by atoms with Crippen molar-refractivity contribution in [3.05, 3.63) is 35.4 Å². The molecule has 0 radical (unpaired) electrons. The highest BCUT2D eigenvalue weighted by molar-refractivity contribution is 8.14. The first kappa shape index (κ1) is 14.0. The lowest BCUT2D eigenvalue weighted by Gasteiger charge is -2.13. The fraction of sp³-hybridized carbons (Fsp3) is 0.308. The van der Waals surface area contributed by atoms with E-state index in [-0.39, 0.29) is 22.2 Å². The summed E-state index contributed by atoms with van der Waals surface area (Å²) in [6.07, 6.45) is 0.740. The molecule has 19 heavy (non-hydrogen) atoms. The Kier molecular flexibility index (Phi) is 4.55. The molecule has 1 amide bonds. The van der Waals surface area contributed by atoms with Crippen molar-refractivity contribution in [2.75, 3.05) is 5.75 Å². The van der Waals surface area contributed by atoms with E-state index in [2.05, 4.69) is 10.6 Å². The van der Waals surface area contributed by atoms with Crippen LogP contribution in [-0.4, -0.2) is 27.9 Å². The van der Waals surface area contributed by atoms with Crippen LogP contribution in [-0.2, 0) is 4.79 Å². The van der Waals surface area contributed by atoms with Crippen LogP contribution in [0.4, 0.5) is 0 Å². The van der Waals surface area contributed by atoms with Gasteiger partial charge in [-0.05, 0) is 37.7 Å². The lowest BCUT2D eigenvalue weighted by molar-refractivity contribution is -0.111. The van der Waals surface area contributed by atoms with Gasteiger partial charge in [0.15, 0.2) is 5.11 Å². The SMILES string of the molecule is Cc1ccc(C(=O)NC(=S)NC2CCSC2=O)cc1. The molecule has 1 aliphatic heterocycles. The van der Waals surface area contributed by atoms with Crippen LogP contribution < -0.4 is 10.6 Å². The molecule has 0 saturated carbocycles. The Bertz CT molecular complexity index is 514. The topological polar surface area (TPSA) is 58.2 Å². The quantitative estimate of drug-likeness (QED) is 0.812. The fourth-order valence-corrected chi connectivity index (χ4v) is 2.87. The molecule has 6 heteroatoms. The number of benzene rings is 1. The summed E-state index contributed by atoms with van der Waals surface area (Å²) in [4.78, 5) is 23.3. The van der Waals surface area contributed by atoms with Gasteiger partial charge in [-0.1, -0.05) is 29.5 Å². The highest BCUT2D eigenvalue weighted by Crippen LogP contribution is 2.19. The second-order valence-electron chi connectivity index (χ2n) is 4.30. The molecule has 1 fully saturated rings. The van der Waals surface area contributed by atoms with E-state index in [1.54, 1.807) is 12.1 Å². The maximum Gasteiger partial charge on any atom is 0.257 e. The van der Waals surface area contributed by atoms with E-state index in [4.69, 9.17) is 12.2 Å². The Hall–Kier alpha value is -1.40. The fourth-order valence-electron chi connectivity index (χ4n) is 1.70. The minimum absolute atomic E-state index is 0.0759. The van der Waals surface area contributed by atoms with Gasteiger partial charge in [0, 0.05) is 11.3 Å². The molecule has 2 rings (SSSR count). The minimum Gasteiger partial charge on any atom is -0.352 e. The van der Waals surface area contributed by atoms with Crippen LogP contribution in [0.15, 0.2) is 24.3 Å². The van der Waals surface area contributed by atoms with E-state index >= 15 is 0 Å². The number of thiocarbonyl (C=S) groups is 1. The smallest absolute Gasteiger partial charge is 0.257 e. The molecule has 2 N–H and O–H groups in total. The van der Waals surface area contributed by atoms with Crippen molar-refractivity contribution in [1.82, 2.24) is 10.6 Å². The van der Waals surface area contributed by atoms with Gasteiger partial charge in [-0.2, -0.15) is 0 Å². The number of rotatable bonds is 2. The zero-order chi connectivity index (χ0) is 13.8. The Balaban J connectivity index is 1.90. The maximum atomic E-state index is 11.9. The van der Waals surface area contributed by atoms with Crippen LogP contribution in [0.1, 0.15) is 22.3 Å². The Morgan fingerprint density at radius 1 is 1.37 bits per heavy atom. The van der Waals surface area contributed by atoms with E-state index in [9.17, 15) is 9.59 Å². The van der Waals surface area contributed by atoms with E-state index in [1.807, 2.05) is 19.1 Å². The highest BCUT2D eigenvalue weighted by Gasteiger charge is 2.26. The largest absolute Gasteiger partial charge is 0.352 e. The van der Waals surface area contributed by atoms with Crippen LogP contribution in [0, 0.1) is 6.92 Å². The van der Waals surface area contributed by atoms with Gasteiger partial charge in [0.05, 0.1) is 6.04 Å². The summed E-state index contributed by atoms with van der Waals surface area (Å²) in [5, 5.41) is 5.73. The number of thioether (sulfide) groups is 1. The van der Waals surface area contributed by atoms with Gasteiger partial charge >= 0.3 is 0 Å². The van der Waals surface area contributed by atoms with Crippen molar-refractivity contribution < 1.29 is 9.59 Å². The molecule has 4 nitrogen and oxygen atoms in total. The molecular formula is C13H14N2O2S2. The van der Waals surface area contributed by atoms with E-state index < -0.39 is 0 Å². The molecule has 0 aromatic heterocycles. The third kappa shape index (κ3) is 3.78. The first-order valence-corrected chi connectivity index (χ1v) is 7.31. The number of hydrogen-bond donors (Lipinski definition) is 2. The average molecular weight is 294 g/mol. The van der Waals surface area contributed by atoms with Gasteiger partial charge < -0.3 is 5.32 Å². The number of aryl methyl sites for hydroxylation is 1. The van der Waals surface area contributed by atoms with E-state index in [1.165, 1.54) is 11.8 Å². The van der Waals surface area contributed by atoms with Crippen LogP contribution in [0.3, 0.4) is 0 Å². The highest BCUT2D eigenvalue weighted by atomic mass is 32.2. The average Bonchev–Trinajstić information content (AvgIpc) is 2.75. The molecule has 1 unspecified atom stereocenters. The summed E-state index contributed by atoms with van der Waals surface area (Å²) in [6, 6.07) is 6.93. The molecule has 100 valence electrons. The molecule has 1 aromatic carbocycles.